The number of sulfonamides is 1. The molecule has 0 N–H and O–H groups in total. The first-order valence-electron chi connectivity index (χ1n) is 10.3. The number of carbonyl (C=O) groups excluding carboxylic acids is 2. The first kappa shape index (κ1) is 24.6. The summed E-state index contributed by atoms with van der Waals surface area (Å²) in [5, 5.41) is 2.18. The zero-order valence-electron chi connectivity index (χ0n) is 18.6. The summed E-state index contributed by atoms with van der Waals surface area (Å²) in [6.07, 6.45) is 0. The third-order valence-electron chi connectivity index (χ3n) is 4.82. The first-order valence-corrected chi connectivity index (χ1v) is 12.7. The molecular formula is C23H25N3O5S2. The van der Waals surface area contributed by atoms with E-state index in [-0.39, 0.29) is 23.0 Å². The van der Waals surface area contributed by atoms with Crippen molar-refractivity contribution in [2.45, 2.75) is 32.3 Å². The van der Waals surface area contributed by atoms with E-state index in [2.05, 4.69) is 4.98 Å². The van der Waals surface area contributed by atoms with Crippen LogP contribution in [-0.2, 0) is 26.2 Å². The number of anilines is 2. The highest BCUT2D eigenvalue weighted by Crippen LogP contribution is 2.29. The summed E-state index contributed by atoms with van der Waals surface area (Å²) in [6.45, 7) is 5.52. The van der Waals surface area contributed by atoms with Crippen molar-refractivity contribution in [3.05, 3.63) is 71.2 Å². The zero-order valence-corrected chi connectivity index (χ0v) is 20.2. The van der Waals surface area contributed by atoms with Crippen molar-refractivity contribution < 1.29 is 22.7 Å². The van der Waals surface area contributed by atoms with Gasteiger partial charge < -0.3 is 4.74 Å². The second-order valence-corrected chi connectivity index (χ2v) is 9.78. The van der Waals surface area contributed by atoms with Gasteiger partial charge in [0.25, 0.3) is 0 Å². The summed E-state index contributed by atoms with van der Waals surface area (Å²) in [7, 11) is -3.69. The number of hydrogen-bond acceptors (Lipinski definition) is 7. The molecule has 0 fully saturated rings. The summed E-state index contributed by atoms with van der Waals surface area (Å²) in [5.41, 5.74) is 1.31. The number of amides is 1. The topological polar surface area (TPSA) is 96.9 Å². The van der Waals surface area contributed by atoms with E-state index < -0.39 is 16.0 Å². The molecule has 1 aromatic heterocycles. The van der Waals surface area contributed by atoms with Gasteiger partial charge in [0, 0.05) is 25.4 Å². The number of aromatic nitrogens is 1. The number of thiazole rings is 1. The highest BCUT2D eigenvalue weighted by Gasteiger charge is 2.23. The van der Waals surface area contributed by atoms with Crippen molar-refractivity contribution in [3.8, 4) is 0 Å². The smallest absolute Gasteiger partial charge is 0.338 e. The second-order valence-electron chi connectivity index (χ2n) is 7.00. The van der Waals surface area contributed by atoms with Crippen LogP contribution in [0.1, 0.15) is 36.8 Å². The van der Waals surface area contributed by atoms with Gasteiger partial charge in [0.1, 0.15) is 6.61 Å². The Balaban J connectivity index is 1.72. The Morgan fingerprint density at radius 2 is 1.73 bits per heavy atom. The van der Waals surface area contributed by atoms with Gasteiger partial charge in [-0.05, 0) is 30.3 Å². The molecule has 174 valence electrons. The van der Waals surface area contributed by atoms with Crippen LogP contribution in [0.3, 0.4) is 0 Å². The molecule has 0 aliphatic carbocycles. The second kappa shape index (κ2) is 10.7. The Hall–Kier alpha value is -3.08. The van der Waals surface area contributed by atoms with Crippen LogP contribution in [0.25, 0.3) is 0 Å². The predicted octanol–water partition coefficient (Wildman–Crippen LogP) is 4.22. The number of hydrogen-bond donors (Lipinski definition) is 0. The molecule has 0 bridgehead atoms. The fourth-order valence-corrected chi connectivity index (χ4v) is 5.56. The summed E-state index contributed by atoms with van der Waals surface area (Å²) < 4.78 is 32.1. The lowest BCUT2D eigenvalue weighted by Crippen LogP contribution is -2.30. The number of carbonyl (C=O) groups is 2. The standard InChI is InChI=1S/C23H25N3O5S2/c1-4-25(5-2)33(29,30)21-13-9-10-18(14-21)22(28)31-15-19-16-32-23(24-19)26(17(3)27)20-11-7-6-8-12-20/h6-14,16H,4-5,15H2,1-3H3. The van der Waals surface area contributed by atoms with Gasteiger partial charge in [-0.3, -0.25) is 9.69 Å². The lowest BCUT2D eigenvalue weighted by molar-refractivity contribution is -0.115. The Morgan fingerprint density at radius 3 is 2.36 bits per heavy atom. The third kappa shape index (κ3) is 5.65. The van der Waals surface area contributed by atoms with Crippen LogP contribution in [0.15, 0.2) is 64.9 Å². The van der Waals surface area contributed by atoms with E-state index >= 15 is 0 Å². The number of esters is 1. The highest BCUT2D eigenvalue weighted by molar-refractivity contribution is 7.89. The predicted molar refractivity (Wildman–Crippen MR) is 127 cm³/mol. The van der Waals surface area contributed by atoms with Crippen LogP contribution in [0, 0.1) is 0 Å². The van der Waals surface area contributed by atoms with E-state index in [1.165, 1.54) is 51.7 Å². The molecule has 3 aromatic rings. The van der Waals surface area contributed by atoms with E-state index in [9.17, 15) is 18.0 Å². The molecule has 8 nitrogen and oxygen atoms in total. The molecule has 0 unspecified atom stereocenters. The Kier molecular flexibility index (Phi) is 7.96. The SMILES string of the molecule is CCN(CC)S(=O)(=O)c1cccc(C(=O)OCc2csc(N(C(C)=O)c3ccccc3)n2)c1. The number of ether oxygens (including phenoxy) is 1. The molecule has 0 radical (unpaired) electrons. The van der Waals surface area contributed by atoms with E-state index in [1.54, 1.807) is 19.2 Å². The van der Waals surface area contributed by atoms with Gasteiger partial charge in [0.15, 0.2) is 5.13 Å². The maximum atomic E-state index is 12.7. The minimum atomic E-state index is -3.69. The van der Waals surface area contributed by atoms with Gasteiger partial charge in [-0.15, -0.1) is 11.3 Å². The Morgan fingerprint density at radius 1 is 1.03 bits per heavy atom. The molecule has 1 amide bonds. The molecule has 0 aliphatic heterocycles. The van der Waals surface area contributed by atoms with Crippen LogP contribution < -0.4 is 4.90 Å². The fourth-order valence-electron chi connectivity index (χ4n) is 3.19. The molecular weight excluding hydrogens is 462 g/mol. The summed E-state index contributed by atoms with van der Waals surface area (Å²) in [5.74, 6) is -0.849. The van der Waals surface area contributed by atoms with Gasteiger partial charge in [-0.2, -0.15) is 4.31 Å². The van der Waals surface area contributed by atoms with Crippen molar-refractivity contribution in [1.82, 2.24) is 9.29 Å². The van der Waals surface area contributed by atoms with Crippen molar-refractivity contribution >= 4 is 44.1 Å². The van der Waals surface area contributed by atoms with Crippen LogP contribution in [0.2, 0.25) is 0 Å². The maximum Gasteiger partial charge on any atom is 0.338 e. The number of nitrogens with zero attached hydrogens (tertiary/aromatic N) is 3. The van der Waals surface area contributed by atoms with Gasteiger partial charge in [0.2, 0.25) is 15.9 Å². The van der Waals surface area contributed by atoms with Crippen molar-refractivity contribution in [3.63, 3.8) is 0 Å². The minimum absolute atomic E-state index is 0.0385. The largest absolute Gasteiger partial charge is 0.456 e. The van der Waals surface area contributed by atoms with Crippen molar-refractivity contribution in [2.24, 2.45) is 0 Å². The molecule has 1 heterocycles. The summed E-state index contributed by atoms with van der Waals surface area (Å²) >= 11 is 1.26. The average Bonchev–Trinajstić information content (AvgIpc) is 3.27. The van der Waals surface area contributed by atoms with Gasteiger partial charge in [0.05, 0.1) is 21.8 Å². The van der Waals surface area contributed by atoms with Crippen LogP contribution in [0.4, 0.5) is 10.8 Å². The quantitative estimate of drug-likeness (QED) is 0.419. The van der Waals surface area contributed by atoms with E-state index in [0.29, 0.717) is 29.6 Å². The van der Waals surface area contributed by atoms with E-state index in [0.717, 1.165) is 0 Å². The van der Waals surface area contributed by atoms with Gasteiger partial charge in [-0.25, -0.2) is 18.2 Å². The molecule has 0 atom stereocenters. The van der Waals surface area contributed by atoms with Crippen LogP contribution in [0.5, 0.6) is 0 Å². The maximum absolute atomic E-state index is 12.7. The van der Waals surface area contributed by atoms with Crippen LogP contribution >= 0.6 is 11.3 Å². The molecule has 0 spiro atoms. The van der Waals surface area contributed by atoms with Crippen molar-refractivity contribution in [2.75, 3.05) is 18.0 Å². The Bertz CT molecular complexity index is 1220. The molecule has 0 aliphatic rings. The number of rotatable bonds is 9. The van der Waals surface area contributed by atoms with E-state index in [1.807, 2.05) is 30.3 Å². The lowest BCUT2D eigenvalue weighted by Gasteiger charge is -2.18. The first-order chi connectivity index (χ1) is 15.8. The number of para-hydroxylation sites is 1. The molecule has 33 heavy (non-hydrogen) atoms. The third-order valence-corrected chi connectivity index (χ3v) is 7.74. The molecule has 2 aromatic carbocycles. The minimum Gasteiger partial charge on any atom is -0.456 e. The average molecular weight is 488 g/mol. The highest BCUT2D eigenvalue weighted by atomic mass is 32.2. The van der Waals surface area contributed by atoms with Gasteiger partial charge in [-0.1, -0.05) is 38.1 Å². The molecule has 0 saturated carbocycles. The lowest BCUT2D eigenvalue weighted by atomic mass is 10.2. The monoisotopic (exact) mass is 487 g/mol. The molecule has 0 saturated heterocycles. The molecule has 3 rings (SSSR count). The van der Waals surface area contributed by atoms with Crippen molar-refractivity contribution in [1.29, 1.82) is 0 Å². The fraction of sp³-hybridized carbons (Fsp3) is 0.261. The normalized spacial score (nSPS) is 11.4. The molecule has 10 heteroatoms. The van der Waals surface area contributed by atoms with E-state index in [4.69, 9.17) is 4.74 Å². The summed E-state index contributed by atoms with van der Waals surface area (Å²) in [6, 6.07) is 14.9. The Labute approximate surface area is 197 Å². The number of benzene rings is 2. The van der Waals surface area contributed by atoms with Gasteiger partial charge >= 0.3 is 5.97 Å². The van der Waals surface area contributed by atoms with Crippen LogP contribution in [-0.4, -0.2) is 42.7 Å². The summed E-state index contributed by atoms with van der Waals surface area (Å²) in [4.78, 5) is 30.7. The zero-order chi connectivity index (χ0) is 24.0.